The Balaban J connectivity index is 0. The molecule has 0 unspecified atom stereocenters. The second-order valence-electron chi connectivity index (χ2n) is 13.1. The van der Waals surface area contributed by atoms with Crippen molar-refractivity contribution in [2.45, 2.75) is 110 Å². The van der Waals surface area contributed by atoms with E-state index in [9.17, 15) is 0 Å². The Morgan fingerprint density at radius 1 is 0.727 bits per heavy atom. The van der Waals surface area contributed by atoms with Gasteiger partial charge in [-0.3, -0.25) is 16.7 Å². The molecular formula is C27H54N2OP2Ru+3. The Labute approximate surface area is 221 Å². The number of aromatic nitrogens is 1. The zero-order valence-electron chi connectivity index (χ0n) is 23.6. The molecule has 0 aliphatic heterocycles. The molecule has 1 aromatic heterocycles. The molecule has 0 saturated heterocycles. The standard InChI is InChI=1S/C26H50N2P2.CHO.Ru.H/c1-23(2,3)29(24(4,5)6)19-17-28(21-22-15-13-14-16-27-22)18-20-30(25(7,8)9)26(10,11)12;1-2;;/h13-16H,17-21H2,1-12H3;1H;;/q;-1;+2;/p+2. The minimum atomic E-state index is -0.510. The summed E-state index contributed by atoms with van der Waals surface area (Å²) in [7, 11) is -1.02. The Morgan fingerprint density at radius 2 is 1.09 bits per heavy atom. The SMILES string of the molecule is CC(C)(C)[PH+](CCN(CC[PH+](C(C)(C)C)C(C)(C)C)Cc1ccccn1)C(C)(C)C.[CH-]=O.[RuH+2]. The van der Waals surface area contributed by atoms with E-state index in [4.69, 9.17) is 4.79 Å². The van der Waals surface area contributed by atoms with E-state index in [0.29, 0.717) is 20.6 Å². The monoisotopic (exact) mass is 586 g/mol. The van der Waals surface area contributed by atoms with Crippen LogP contribution < -0.4 is 0 Å². The fourth-order valence-corrected chi connectivity index (χ4v) is 13.9. The summed E-state index contributed by atoms with van der Waals surface area (Å²) < 4.78 is 0. The van der Waals surface area contributed by atoms with Crippen molar-refractivity contribution in [3.05, 3.63) is 30.1 Å². The van der Waals surface area contributed by atoms with Gasteiger partial charge in [0.1, 0.15) is 0 Å². The zero-order valence-corrected chi connectivity index (χ0v) is 27.5. The van der Waals surface area contributed by atoms with Crippen LogP contribution in [-0.4, -0.2) is 62.7 Å². The molecular weight excluding hydrogens is 531 g/mol. The van der Waals surface area contributed by atoms with Crippen molar-refractivity contribution in [1.82, 2.24) is 9.88 Å². The van der Waals surface area contributed by atoms with Crippen LogP contribution in [0.4, 0.5) is 0 Å². The van der Waals surface area contributed by atoms with Crippen LogP contribution in [0.25, 0.3) is 0 Å². The molecule has 1 aromatic rings. The molecule has 0 N–H and O–H groups in total. The number of nitrogens with zero attached hydrogens (tertiary/aromatic N) is 2. The zero-order chi connectivity index (χ0) is 25.4. The first-order valence-electron chi connectivity index (χ1n) is 12.0. The van der Waals surface area contributed by atoms with Gasteiger partial charge in [0.25, 0.3) is 0 Å². The molecule has 0 saturated carbocycles. The third-order valence-corrected chi connectivity index (χ3v) is 14.8. The van der Waals surface area contributed by atoms with Gasteiger partial charge in [-0.15, -0.1) is 0 Å². The Kier molecular flexibility index (Phi) is 15.8. The molecule has 0 spiro atoms. The van der Waals surface area contributed by atoms with E-state index in [1.807, 2.05) is 12.3 Å². The topological polar surface area (TPSA) is 33.2 Å². The Morgan fingerprint density at radius 3 is 1.36 bits per heavy atom. The number of pyridine rings is 1. The fraction of sp³-hybridized carbons (Fsp3) is 0.778. The molecule has 1 rings (SSSR count). The van der Waals surface area contributed by atoms with Crippen molar-refractivity contribution in [2.75, 3.05) is 25.4 Å². The van der Waals surface area contributed by atoms with Crippen LogP contribution in [0.15, 0.2) is 24.4 Å². The van der Waals surface area contributed by atoms with Crippen molar-refractivity contribution in [3.63, 3.8) is 0 Å². The van der Waals surface area contributed by atoms with Gasteiger partial charge in [0.2, 0.25) is 0 Å². The average Bonchev–Trinajstić information content (AvgIpc) is 2.59. The first-order valence-corrected chi connectivity index (χ1v) is 15.4. The molecule has 0 fully saturated rings. The molecule has 3 nitrogen and oxygen atoms in total. The van der Waals surface area contributed by atoms with Gasteiger partial charge in [0, 0.05) is 41.7 Å². The summed E-state index contributed by atoms with van der Waals surface area (Å²) in [6.45, 7) is 36.1. The molecule has 0 radical (unpaired) electrons. The summed E-state index contributed by atoms with van der Waals surface area (Å²) in [5, 5.41) is 1.69. The van der Waals surface area contributed by atoms with Crippen LogP contribution in [0.5, 0.6) is 0 Å². The van der Waals surface area contributed by atoms with Crippen LogP contribution in [0.1, 0.15) is 88.8 Å². The molecule has 0 amide bonds. The van der Waals surface area contributed by atoms with Gasteiger partial charge in [-0.2, -0.15) is 0 Å². The molecule has 0 aliphatic carbocycles. The van der Waals surface area contributed by atoms with E-state index in [2.05, 4.69) is 112 Å². The first kappa shape index (κ1) is 35.4. The van der Waals surface area contributed by atoms with Crippen LogP contribution in [0.2, 0.25) is 0 Å². The van der Waals surface area contributed by atoms with Crippen LogP contribution >= 0.6 is 15.8 Å². The van der Waals surface area contributed by atoms with Crippen LogP contribution in [0.3, 0.4) is 0 Å². The fourth-order valence-electron chi connectivity index (χ4n) is 5.28. The predicted molar refractivity (Wildman–Crippen MR) is 153 cm³/mol. The maximum atomic E-state index is 7.75. The number of carbonyl (C=O) groups excluding carboxylic acids is 1. The van der Waals surface area contributed by atoms with Gasteiger partial charge in [0.15, 0.2) is 0 Å². The molecule has 33 heavy (non-hydrogen) atoms. The predicted octanol–water partition coefficient (Wildman–Crippen LogP) is 6.96. The van der Waals surface area contributed by atoms with Crippen molar-refractivity contribution in [2.24, 2.45) is 0 Å². The molecule has 0 aliphatic rings. The maximum absolute atomic E-state index is 7.75. The molecule has 0 aromatic carbocycles. The van der Waals surface area contributed by atoms with Gasteiger partial charge in [-0.05, 0) is 95.2 Å². The quantitative estimate of drug-likeness (QED) is 0.143. The average molecular weight is 586 g/mol. The van der Waals surface area contributed by atoms with Gasteiger partial charge >= 0.3 is 19.5 Å². The third-order valence-electron chi connectivity index (χ3n) is 6.09. The molecule has 6 heteroatoms. The van der Waals surface area contributed by atoms with Gasteiger partial charge in [0.05, 0.1) is 38.6 Å². The third kappa shape index (κ3) is 13.8. The summed E-state index contributed by atoms with van der Waals surface area (Å²) in [4.78, 5) is 15.1. The second-order valence-corrected chi connectivity index (χ2v) is 22.0. The van der Waals surface area contributed by atoms with E-state index < -0.39 is 15.8 Å². The van der Waals surface area contributed by atoms with Gasteiger partial charge in [-0.25, -0.2) is 0 Å². The van der Waals surface area contributed by atoms with Crippen LogP contribution in [-0.2, 0) is 30.8 Å². The first-order chi connectivity index (χ1) is 14.4. The Bertz CT molecular complexity index is 579. The van der Waals surface area contributed by atoms with E-state index in [1.165, 1.54) is 31.1 Å². The van der Waals surface area contributed by atoms with E-state index in [-0.39, 0.29) is 19.5 Å². The van der Waals surface area contributed by atoms with Gasteiger partial charge < -0.3 is 4.79 Å². The molecule has 1 heterocycles. The number of hydrogen-bond acceptors (Lipinski definition) is 3. The summed E-state index contributed by atoms with van der Waals surface area (Å²) in [5.74, 6) is 0. The Hall–Kier alpha value is 0.263. The van der Waals surface area contributed by atoms with Crippen molar-refractivity contribution >= 4 is 22.6 Å². The summed E-state index contributed by atoms with van der Waals surface area (Å²) >= 11 is 0. The molecule has 0 atom stereocenters. The van der Waals surface area contributed by atoms with E-state index in [0.717, 1.165) is 6.54 Å². The van der Waals surface area contributed by atoms with E-state index >= 15 is 0 Å². The van der Waals surface area contributed by atoms with Crippen molar-refractivity contribution in [1.29, 1.82) is 0 Å². The molecule has 0 bridgehead atoms. The van der Waals surface area contributed by atoms with Gasteiger partial charge in [-0.1, -0.05) is 6.07 Å². The summed E-state index contributed by atoms with van der Waals surface area (Å²) in [5.41, 5.74) is 1.21. The van der Waals surface area contributed by atoms with Crippen molar-refractivity contribution < 1.29 is 24.3 Å². The van der Waals surface area contributed by atoms with Crippen molar-refractivity contribution in [3.8, 4) is 0 Å². The van der Waals surface area contributed by atoms with Crippen LogP contribution in [0, 0.1) is 0 Å². The van der Waals surface area contributed by atoms with E-state index in [1.54, 1.807) is 0 Å². The summed E-state index contributed by atoms with van der Waals surface area (Å²) in [6, 6.07) is 6.33. The minimum absolute atomic E-state index is 0. The normalized spacial score (nSPS) is 13.1. The second kappa shape index (κ2) is 14.7. The molecule has 193 valence electrons. The summed E-state index contributed by atoms with van der Waals surface area (Å²) in [6.07, 6.45) is 4.63. The number of hydrogen-bond donors (Lipinski definition) is 0. The number of rotatable bonds is 8.